The van der Waals surface area contributed by atoms with Crippen molar-refractivity contribution in [1.82, 2.24) is 0 Å². The van der Waals surface area contributed by atoms with Gasteiger partial charge in [0.25, 0.3) is 0 Å². The highest BCUT2D eigenvalue weighted by atomic mass is 79.9. The Morgan fingerprint density at radius 3 is 2.20 bits per heavy atom. The Labute approximate surface area is 131 Å². The summed E-state index contributed by atoms with van der Waals surface area (Å²) in [5.74, 6) is 0. The molecule has 2 aromatic carbocycles. The maximum atomic E-state index is 2.45. The van der Waals surface area contributed by atoms with Crippen LogP contribution in [0.5, 0.6) is 0 Å². The van der Waals surface area contributed by atoms with E-state index in [1.54, 1.807) is 0 Å². The number of fused-ring (bicyclic) bond motifs is 1. The lowest BCUT2D eigenvalue weighted by Crippen LogP contribution is -3.00. The molecule has 2 aromatic rings. The highest BCUT2D eigenvalue weighted by molar-refractivity contribution is 5.93. The van der Waals surface area contributed by atoms with E-state index in [1.165, 1.54) is 22.5 Å². The molecular weight excluding hydrogens is 310 g/mol. The van der Waals surface area contributed by atoms with Gasteiger partial charge in [0.15, 0.2) is 12.3 Å². The van der Waals surface area contributed by atoms with Gasteiger partial charge in [-0.05, 0) is 13.8 Å². The van der Waals surface area contributed by atoms with Crippen LogP contribution in [0.15, 0.2) is 54.6 Å². The van der Waals surface area contributed by atoms with Crippen molar-refractivity contribution in [1.29, 1.82) is 0 Å². The number of halogens is 1. The highest BCUT2D eigenvalue weighted by Gasteiger charge is 2.42. The molecule has 1 nitrogen and oxygen atoms in total. The summed E-state index contributed by atoms with van der Waals surface area (Å²) in [4.78, 5) is 0. The van der Waals surface area contributed by atoms with E-state index in [-0.39, 0.29) is 22.4 Å². The molecule has 0 saturated heterocycles. The second-order valence-electron chi connectivity index (χ2n) is 5.80. The molecule has 2 heteroatoms. The minimum atomic E-state index is 0. The summed E-state index contributed by atoms with van der Waals surface area (Å²) < 4.78 is 2.45. The molecule has 20 heavy (non-hydrogen) atoms. The van der Waals surface area contributed by atoms with Crippen molar-refractivity contribution in [2.75, 3.05) is 0 Å². The van der Waals surface area contributed by atoms with E-state index >= 15 is 0 Å². The third kappa shape index (κ3) is 2.33. The first-order valence-corrected chi connectivity index (χ1v) is 6.86. The lowest BCUT2D eigenvalue weighted by molar-refractivity contribution is -0.456. The van der Waals surface area contributed by atoms with Gasteiger partial charge in [-0.25, -0.2) is 0 Å². The van der Waals surface area contributed by atoms with E-state index in [0.717, 1.165) is 6.54 Å². The number of hydrogen-bond acceptors (Lipinski definition) is 0. The van der Waals surface area contributed by atoms with Crippen LogP contribution in [0.2, 0.25) is 0 Å². The number of nitrogens with zero attached hydrogens (tertiary/aromatic N) is 1. The summed E-state index contributed by atoms with van der Waals surface area (Å²) in [6.07, 6.45) is 0. The zero-order valence-electron chi connectivity index (χ0n) is 12.2. The number of benzene rings is 2. The van der Waals surface area contributed by atoms with E-state index in [1.807, 2.05) is 0 Å². The molecule has 0 bridgehead atoms. The van der Waals surface area contributed by atoms with E-state index in [9.17, 15) is 0 Å². The Hall–Kier alpha value is -1.41. The average molecular weight is 330 g/mol. The third-order valence-corrected chi connectivity index (χ3v) is 4.36. The Morgan fingerprint density at radius 2 is 1.50 bits per heavy atom. The first-order valence-electron chi connectivity index (χ1n) is 6.86. The molecule has 0 saturated carbocycles. The van der Waals surface area contributed by atoms with Crippen LogP contribution in [0, 0.1) is 0 Å². The third-order valence-electron chi connectivity index (χ3n) is 4.36. The molecule has 1 aliphatic rings. The average Bonchev–Trinajstić information content (AvgIpc) is 2.62. The van der Waals surface area contributed by atoms with Gasteiger partial charge in [-0.15, -0.1) is 0 Å². The van der Waals surface area contributed by atoms with Crippen LogP contribution in [-0.4, -0.2) is 10.3 Å². The minimum Gasteiger partial charge on any atom is -1.00 e. The van der Waals surface area contributed by atoms with Crippen LogP contribution in [0.1, 0.15) is 31.9 Å². The largest absolute Gasteiger partial charge is 1.00 e. The number of rotatable bonds is 2. The molecule has 0 radical (unpaired) electrons. The van der Waals surface area contributed by atoms with Gasteiger partial charge < -0.3 is 17.0 Å². The molecule has 3 rings (SSSR count). The molecular formula is C18H20BrN. The normalized spacial score (nSPS) is 15.8. The molecule has 0 aromatic heterocycles. The standard InChI is InChI=1S/C18H20N.BrH/c1-14-18(2,3)16-11-7-8-12-17(16)19(14)13-15-9-5-4-6-10-15;/h4-12H,13H2,1-3H3;1H/q+1;/p-1. The zero-order valence-corrected chi connectivity index (χ0v) is 13.8. The van der Waals surface area contributed by atoms with Gasteiger partial charge in [-0.3, -0.25) is 0 Å². The Morgan fingerprint density at radius 1 is 0.900 bits per heavy atom. The van der Waals surface area contributed by atoms with Crippen molar-refractivity contribution in [3.05, 3.63) is 65.7 Å². The van der Waals surface area contributed by atoms with Gasteiger partial charge in [0.2, 0.25) is 5.69 Å². The maximum Gasteiger partial charge on any atom is 0.209 e. The first kappa shape index (κ1) is 15.0. The topological polar surface area (TPSA) is 3.01 Å². The fourth-order valence-electron chi connectivity index (χ4n) is 2.92. The summed E-state index contributed by atoms with van der Waals surface area (Å²) in [7, 11) is 0. The molecule has 0 aliphatic carbocycles. The predicted octanol–water partition coefficient (Wildman–Crippen LogP) is 1.29. The van der Waals surface area contributed by atoms with Crippen molar-refractivity contribution < 1.29 is 21.6 Å². The van der Waals surface area contributed by atoms with E-state index < -0.39 is 0 Å². The van der Waals surface area contributed by atoms with Gasteiger partial charge in [0, 0.05) is 24.1 Å². The molecule has 0 unspecified atom stereocenters. The van der Waals surface area contributed by atoms with E-state index in [4.69, 9.17) is 0 Å². The van der Waals surface area contributed by atoms with E-state index in [0.29, 0.717) is 0 Å². The highest BCUT2D eigenvalue weighted by Crippen LogP contribution is 2.39. The Bertz CT molecular complexity index is 641. The second-order valence-corrected chi connectivity index (χ2v) is 5.80. The summed E-state index contributed by atoms with van der Waals surface area (Å²) in [5.41, 5.74) is 5.70. The van der Waals surface area contributed by atoms with Crippen molar-refractivity contribution in [2.45, 2.75) is 32.7 Å². The molecule has 0 spiro atoms. The lowest BCUT2D eigenvalue weighted by atomic mass is 9.82. The van der Waals surface area contributed by atoms with Crippen molar-refractivity contribution in [2.24, 2.45) is 0 Å². The summed E-state index contributed by atoms with van der Waals surface area (Å²) in [6.45, 7) is 7.83. The fourth-order valence-corrected chi connectivity index (χ4v) is 2.92. The summed E-state index contributed by atoms with van der Waals surface area (Å²) >= 11 is 0. The molecule has 1 aliphatic heterocycles. The minimum absolute atomic E-state index is 0. The summed E-state index contributed by atoms with van der Waals surface area (Å²) in [5, 5.41) is 0. The molecule has 0 atom stereocenters. The molecule has 0 N–H and O–H groups in total. The van der Waals surface area contributed by atoms with Gasteiger partial charge in [0.05, 0.1) is 5.41 Å². The van der Waals surface area contributed by atoms with Crippen LogP contribution in [0.25, 0.3) is 0 Å². The quantitative estimate of drug-likeness (QED) is 0.730. The van der Waals surface area contributed by atoms with Crippen LogP contribution in [-0.2, 0) is 12.0 Å². The fraction of sp³-hybridized carbons (Fsp3) is 0.278. The molecule has 1 heterocycles. The van der Waals surface area contributed by atoms with Crippen LogP contribution in [0.3, 0.4) is 0 Å². The van der Waals surface area contributed by atoms with Crippen LogP contribution < -0.4 is 17.0 Å². The molecule has 104 valence electrons. The van der Waals surface area contributed by atoms with Crippen molar-refractivity contribution in [3.8, 4) is 0 Å². The van der Waals surface area contributed by atoms with Crippen molar-refractivity contribution >= 4 is 11.4 Å². The summed E-state index contributed by atoms with van der Waals surface area (Å²) in [6, 6.07) is 19.4. The van der Waals surface area contributed by atoms with Crippen LogP contribution >= 0.6 is 0 Å². The number of para-hydroxylation sites is 1. The van der Waals surface area contributed by atoms with Gasteiger partial charge in [0.1, 0.15) is 0 Å². The monoisotopic (exact) mass is 329 g/mol. The second kappa shape index (κ2) is 5.53. The smallest absolute Gasteiger partial charge is 0.209 e. The predicted molar refractivity (Wildman–Crippen MR) is 80.2 cm³/mol. The SMILES string of the molecule is CC1=[N+](Cc2ccccc2)c2ccccc2C1(C)C.[Br-]. The van der Waals surface area contributed by atoms with Crippen molar-refractivity contribution in [3.63, 3.8) is 0 Å². The molecule has 0 amide bonds. The zero-order chi connectivity index (χ0) is 13.5. The first-order chi connectivity index (χ1) is 9.10. The Kier molecular flexibility index (Phi) is 4.14. The molecule has 0 fully saturated rings. The Balaban J connectivity index is 0.00000147. The van der Waals surface area contributed by atoms with Gasteiger partial charge in [-0.1, -0.05) is 48.5 Å². The number of hydrogen-bond donors (Lipinski definition) is 0. The van der Waals surface area contributed by atoms with Gasteiger partial charge >= 0.3 is 0 Å². The van der Waals surface area contributed by atoms with E-state index in [2.05, 4.69) is 79.9 Å². The maximum absolute atomic E-state index is 2.45. The van der Waals surface area contributed by atoms with Crippen LogP contribution in [0.4, 0.5) is 5.69 Å². The van der Waals surface area contributed by atoms with Gasteiger partial charge in [-0.2, -0.15) is 4.58 Å². The lowest BCUT2D eigenvalue weighted by Gasteiger charge is -2.14.